The summed E-state index contributed by atoms with van der Waals surface area (Å²) in [5, 5.41) is 12.0. The van der Waals surface area contributed by atoms with E-state index in [1.165, 1.54) is 4.90 Å². The molecule has 1 aromatic heterocycles. The minimum atomic E-state index is -0.943. The Kier molecular flexibility index (Phi) is 5.31. The third-order valence-corrected chi connectivity index (χ3v) is 5.69. The van der Waals surface area contributed by atoms with Crippen LogP contribution in [-0.2, 0) is 9.59 Å². The summed E-state index contributed by atoms with van der Waals surface area (Å²) in [5.41, 5.74) is 3.30. The Morgan fingerprint density at radius 1 is 1.21 bits per heavy atom. The third kappa shape index (κ3) is 3.86. The van der Waals surface area contributed by atoms with Crippen molar-refractivity contribution in [2.24, 2.45) is 0 Å². The quantitative estimate of drug-likeness (QED) is 0.652. The predicted molar refractivity (Wildman–Crippen MR) is 112 cm³/mol. The number of hydrogen-bond acceptors (Lipinski definition) is 5. The first-order valence-corrected chi connectivity index (χ1v) is 10.3. The second-order valence-corrected chi connectivity index (χ2v) is 7.59. The first-order valence-electron chi connectivity index (χ1n) is 9.42. The molecular formula is C22H20N2O4S. The van der Waals surface area contributed by atoms with E-state index in [0.717, 1.165) is 21.8 Å². The molecule has 4 rings (SSSR count). The molecule has 0 fully saturated rings. The van der Waals surface area contributed by atoms with E-state index in [9.17, 15) is 9.59 Å². The lowest BCUT2D eigenvalue weighted by Crippen LogP contribution is -2.46. The normalized spacial score (nSPS) is 15.7. The van der Waals surface area contributed by atoms with Crippen LogP contribution in [0.15, 0.2) is 53.9 Å². The lowest BCUT2D eigenvalue weighted by atomic mass is 10.1. The zero-order valence-electron chi connectivity index (χ0n) is 15.9. The van der Waals surface area contributed by atoms with Gasteiger partial charge in [-0.15, -0.1) is 11.3 Å². The van der Waals surface area contributed by atoms with Gasteiger partial charge in [-0.1, -0.05) is 37.3 Å². The van der Waals surface area contributed by atoms with Gasteiger partial charge in [0.2, 0.25) is 0 Å². The molecule has 0 radical (unpaired) electrons. The minimum Gasteiger partial charge on any atom is -0.481 e. The first-order chi connectivity index (χ1) is 14.1. The molecule has 1 amide bonds. The smallest absolute Gasteiger partial charge is 0.305 e. The number of carbonyl (C=O) groups is 2. The number of thiazole rings is 1. The van der Waals surface area contributed by atoms with Crippen LogP contribution in [0.2, 0.25) is 0 Å². The number of carbonyl (C=O) groups excluding carboxylic acids is 1. The van der Waals surface area contributed by atoms with Gasteiger partial charge >= 0.3 is 5.97 Å². The maximum atomic E-state index is 12.8. The fourth-order valence-corrected chi connectivity index (χ4v) is 4.13. The molecule has 0 spiro atoms. The van der Waals surface area contributed by atoms with Crippen LogP contribution in [0.4, 0.5) is 5.69 Å². The van der Waals surface area contributed by atoms with Gasteiger partial charge in [0, 0.05) is 23.1 Å². The van der Waals surface area contributed by atoms with Gasteiger partial charge in [0.15, 0.2) is 6.10 Å². The van der Waals surface area contributed by atoms with Crippen LogP contribution in [0.3, 0.4) is 0 Å². The molecule has 0 saturated heterocycles. The highest BCUT2D eigenvalue weighted by Gasteiger charge is 2.33. The van der Waals surface area contributed by atoms with Crippen molar-refractivity contribution in [2.45, 2.75) is 25.9 Å². The van der Waals surface area contributed by atoms with Crippen LogP contribution in [0.5, 0.6) is 5.75 Å². The largest absolute Gasteiger partial charge is 0.481 e. The monoisotopic (exact) mass is 408 g/mol. The van der Waals surface area contributed by atoms with Gasteiger partial charge in [0.25, 0.3) is 5.91 Å². The molecule has 1 atom stereocenters. The number of aliphatic carboxylic acids is 1. The highest BCUT2D eigenvalue weighted by Crippen LogP contribution is 2.39. The van der Waals surface area contributed by atoms with Crippen LogP contribution in [0.1, 0.15) is 19.8 Å². The number of rotatable bonds is 6. The van der Waals surface area contributed by atoms with E-state index in [-0.39, 0.29) is 18.9 Å². The maximum absolute atomic E-state index is 12.8. The van der Waals surface area contributed by atoms with Crippen molar-refractivity contribution >= 4 is 28.9 Å². The Labute approximate surface area is 172 Å². The van der Waals surface area contributed by atoms with E-state index in [4.69, 9.17) is 14.8 Å². The van der Waals surface area contributed by atoms with Crippen molar-refractivity contribution in [1.29, 1.82) is 0 Å². The molecule has 1 N–H and O–H groups in total. The number of fused-ring (bicyclic) bond motifs is 1. The van der Waals surface area contributed by atoms with Crippen molar-refractivity contribution < 1.29 is 19.4 Å². The number of ether oxygens (including phenoxy) is 1. The number of hydrogen-bond donors (Lipinski definition) is 1. The van der Waals surface area contributed by atoms with E-state index in [1.54, 1.807) is 11.3 Å². The molecule has 1 aliphatic rings. The summed E-state index contributed by atoms with van der Waals surface area (Å²) >= 11 is 1.55. The number of carboxylic acids is 1. The average Bonchev–Trinajstić information content (AvgIpc) is 3.23. The summed E-state index contributed by atoms with van der Waals surface area (Å²) in [4.78, 5) is 30.1. The molecule has 148 valence electrons. The lowest BCUT2D eigenvalue weighted by molar-refractivity contribution is -0.136. The standard InChI is InChI=1S/C22H20N2O4S/c1-2-18-22(27)24(11-10-20(25)26)17-12-15(8-9-19(17)28-18)16-13-29-21(23-16)14-6-4-3-5-7-14/h3-9,12-13,18H,2,10-11H2,1H3,(H,25,26). The van der Waals surface area contributed by atoms with Crippen LogP contribution in [0.25, 0.3) is 21.8 Å². The van der Waals surface area contributed by atoms with Crippen LogP contribution >= 0.6 is 11.3 Å². The van der Waals surface area contributed by atoms with Crippen LogP contribution in [0, 0.1) is 0 Å². The van der Waals surface area contributed by atoms with Crippen LogP contribution in [-0.4, -0.2) is 34.6 Å². The fourth-order valence-electron chi connectivity index (χ4n) is 3.30. The molecule has 2 aromatic carbocycles. The molecule has 29 heavy (non-hydrogen) atoms. The van der Waals surface area contributed by atoms with Crippen molar-refractivity contribution in [3.63, 3.8) is 0 Å². The highest BCUT2D eigenvalue weighted by molar-refractivity contribution is 7.13. The van der Waals surface area contributed by atoms with E-state index in [1.807, 2.05) is 60.8 Å². The second-order valence-electron chi connectivity index (χ2n) is 6.73. The number of benzene rings is 2. The van der Waals surface area contributed by atoms with Crippen molar-refractivity contribution in [1.82, 2.24) is 4.98 Å². The molecule has 0 bridgehead atoms. The molecule has 2 heterocycles. The van der Waals surface area contributed by atoms with Crippen molar-refractivity contribution in [2.75, 3.05) is 11.4 Å². The zero-order chi connectivity index (χ0) is 20.4. The van der Waals surface area contributed by atoms with Gasteiger partial charge in [-0.3, -0.25) is 9.59 Å². The van der Waals surface area contributed by atoms with Gasteiger partial charge in [-0.05, 0) is 24.6 Å². The van der Waals surface area contributed by atoms with Gasteiger partial charge in [-0.25, -0.2) is 4.98 Å². The van der Waals surface area contributed by atoms with Crippen molar-refractivity contribution in [3.05, 3.63) is 53.9 Å². The molecule has 1 aliphatic heterocycles. The summed E-state index contributed by atoms with van der Waals surface area (Å²) in [5.74, 6) is -0.562. The van der Waals surface area contributed by atoms with E-state index in [0.29, 0.717) is 17.9 Å². The van der Waals surface area contributed by atoms with Gasteiger partial charge in [0.1, 0.15) is 10.8 Å². The molecule has 7 heteroatoms. The number of nitrogens with zero attached hydrogens (tertiary/aromatic N) is 2. The minimum absolute atomic E-state index is 0.108. The summed E-state index contributed by atoms with van der Waals surface area (Å²) in [6.45, 7) is 1.98. The molecule has 0 saturated carbocycles. The Hall–Kier alpha value is -3.19. The zero-order valence-corrected chi connectivity index (χ0v) is 16.7. The number of carboxylic acid groups (broad SMARTS) is 1. The first kappa shape index (κ1) is 19.1. The van der Waals surface area contributed by atoms with Gasteiger partial charge in [0.05, 0.1) is 17.8 Å². The summed E-state index contributed by atoms with van der Waals surface area (Å²) in [6, 6.07) is 15.5. The maximum Gasteiger partial charge on any atom is 0.305 e. The number of aromatic nitrogens is 1. The highest BCUT2D eigenvalue weighted by atomic mass is 32.1. The van der Waals surface area contributed by atoms with Gasteiger partial charge < -0.3 is 14.7 Å². The van der Waals surface area contributed by atoms with E-state index < -0.39 is 12.1 Å². The molecule has 0 aliphatic carbocycles. The number of amides is 1. The Balaban J connectivity index is 1.69. The van der Waals surface area contributed by atoms with Crippen molar-refractivity contribution in [3.8, 4) is 27.6 Å². The summed E-state index contributed by atoms with van der Waals surface area (Å²) in [6.07, 6.45) is -0.192. The lowest BCUT2D eigenvalue weighted by Gasteiger charge is -2.34. The van der Waals surface area contributed by atoms with Gasteiger partial charge in [-0.2, -0.15) is 0 Å². The Morgan fingerprint density at radius 2 is 2.00 bits per heavy atom. The second kappa shape index (κ2) is 8.05. The summed E-state index contributed by atoms with van der Waals surface area (Å²) < 4.78 is 5.84. The van der Waals surface area contributed by atoms with Crippen LogP contribution < -0.4 is 9.64 Å². The average molecular weight is 408 g/mol. The van der Waals surface area contributed by atoms with E-state index >= 15 is 0 Å². The Bertz CT molecular complexity index is 1050. The van der Waals surface area contributed by atoms with E-state index in [2.05, 4.69) is 0 Å². The predicted octanol–water partition coefficient (Wildman–Crippen LogP) is 4.46. The topological polar surface area (TPSA) is 79.7 Å². The molecule has 6 nitrogen and oxygen atoms in total. The summed E-state index contributed by atoms with van der Waals surface area (Å²) in [7, 11) is 0. The number of anilines is 1. The molecular weight excluding hydrogens is 388 g/mol. The molecule has 3 aromatic rings. The fraction of sp³-hybridized carbons (Fsp3) is 0.227. The molecule has 1 unspecified atom stereocenters. The SMILES string of the molecule is CCC1Oc2ccc(-c3csc(-c4ccccc4)n3)cc2N(CCC(=O)O)C1=O. The third-order valence-electron chi connectivity index (χ3n) is 4.80. The Morgan fingerprint density at radius 3 is 2.72 bits per heavy atom.